The summed E-state index contributed by atoms with van der Waals surface area (Å²) >= 11 is 0. The van der Waals surface area contributed by atoms with Crippen molar-refractivity contribution in [1.29, 1.82) is 0 Å². The summed E-state index contributed by atoms with van der Waals surface area (Å²) in [5.41, 5.74) is 0. The molecule has 0 saturated heterocycles. The third kappa shape index (κ3) is 1.83. The van der Waals surface area contributed by atoms with Gasteiger partial charge in [-0.05, 0) is 24.8 Å². The van der Waals surface area contributed by atoms with Crippen LogP contribution in [0.3, 0.4) is 0 Å². The van der Waals surface area contributed by atoms with Gasteiger partial charge < -0.3 is 4.74 Å². The third-order valence-electron chi connectivity index (χ3n) is 1.38. The van der Waals surface area contributed by atoms with Crippen LogP contribution in [0, 0.1) is 5.92 Å². The molecule has 10 heavy (non-hydrogen) atoms. The second kappa shape index (κ2) is 2.82. The number of carbonyl (C=O) groups excluding carboxylic acids is 1. The van der Waals surface area contributed by atoms with Gasteiger partial charge in [0.05, 0.1) is 7.11 Å². The molecule has 0 aromatic heterocycles. The van der Waals surface area contributed by atoms with Crippen LogP contribution < -0.4 is 0 Å². The molecule has 1 saturated carbocycles. The molecule has 56 valence electrons. The van der Waals surface area contributed by atoms with E-state index in [-0.39, 0.29) is 5.92 Å². The van der Waals surface area contributed by atoms with E-state index in [9.17, 15) is 9.18 Å². The maximum Gasteiger partial charge on any atom is 0.366 e. The Morgan fingerprint density at radius 2 is 2.30 bits per heavy atom. The normalized spacial score (nSPS) is 18.8. The lowest BCUT2D eigenvalue weighted by Gasteiger charge is -1.92. The van der Waals surface area contributed by atoms with Crippen molar-refractivity contribution >= 4 is 5.97 Å². The standard InChI is InChI=1S/C7H9FO2/c1-10-7(9)6(8)4-5-2-3-5/h4-5H,2-3H2,1H3/b6-4-. The summed E-state index contributed by atoms with van der Waals surface area (Å²) < 4.78 is 16.6. The largest absolute Gasteiger partial charge is 0.464 e. The van der Waals surface area contributed by atoms with Crippen LogP contribution in [-0.4, -0.2) is 13.1 Å². The Morgan fingerprint density at radius 3 is 2.70 bits per heavy atom. The van der Waals surface area contributed by atoms with E-state index in [4.69, 9.17) is 0 Å². The van der Waals surface area contributed by atoms with Crippen molar-refractivity contribution in [3.05, 3.63) is 11.9 Å². The lowest BCUT2D eigenvalue weighted by Crippen LogP contribution is -2.00. The van der Waals surface area contributed by atoms with Crippen molar-refractivity contribution in [2.75, 3.05) is 7.11 Å². The number of hydrogen-bond acceptors (Lipinski definition) is 2. The van der Waals surface area contributed by atoms with Gasteiger partial charge >= 0.3 is 5.97 Å². The van der Waals surface area contributed by atoms with Gasteiger partial charge in [-0.25, -0.2) is 4.79 Å². The molecule has 0 aromatic rings. The van der Waals surface area contributed by atoms with E-state index in [0.717, 1.165) is 12.8 Å². The highest BCUT2D eigenvalue weighted by atomic mass is 19.1. The first-order valence-corrected chi connectivity index (χ1v) is 3.19. The van der Waals surface area contributed by atoms with Gasteiger partial charge in [0.1, 0.15) is 0 Å². The molecule has 1 fully saturated rings. The number of rotatable bonds is 2. The fourth-order valence-corrected chi connectivity index (χ4v) is 0.635. The summed E-state index contributed by atoms with van der Waals surface area (Å²) in [6, 6.07) is 0. The predicted octanol–water partition coefficient (Wildman–Crippen LogP) is 1.42. The quantitative estimate of drug-likeness (QED) is 0.432. The number of halogens is 1. The Morgan fingerprint density at radius 1 is 1.70 bits per heavy atom. The monoisotopic (exact) mass is 144 g/mol. The molecule has 2 nitrogen and oxygen atoms in total. The van der Waals surface area contributed by atoms with Crippen LogP contribution in [0.15, 0.2) is 11.9 Å². The van der Waals surface area contributed by atoms with E-state index in [1.165, 1.54) is 13.2 Å². The summed E-state index contributed by atoms with van der Waals surface area (Å²) in [4.78, 5) is 10.4. The highest BCUT2D eigenvalue weighted by molar-refractivity contribution is 5.85. The zero-order chi connectivity index (χ0) is 7.56. The Balaban J connectivity index is 2.44. The summed E-state index contributed by atoms with van der Waals surface area (Å²) in [5, 5.41) is 0. The summed E-state index contributed by atoms with van der Waals surface area (Å²) in [5.74, 6) is -1.35. The molecule has 0 radical (unpaired) electrons. The van der Waals surface area contributed by atoms with Gasteiger partial charge in [-0.1, -0.05) is 0 Å². The van der Waals surface area contributed by atoms with Crippen LogP contribution in [-0.2, 0) is 9.53 Å². The average Bonchev–Trinajstić information content (AvgIpc) is 2.70. The Labute approximate surface area is 58.7 Å². The lowest BCUT2D eigenvalue weighted by atomic mass is 10.3. The maximum absolute atomic E-state index is 12.5. The number of allylic oxidation sites excluding steroid dienone is 1. The molecule has 0 unspecified atom stereocenters. The molecule has 3 heteroatoms. The lowest BCUT2D eigenvalue weighted by molar-refractivity contribution is -0.137. The van der Waals surface area contributed by atoms with Crippen LogP contribution in [0.25, 0.3) is 0 Å². The SMILES string of the molecule is COC(=O)/C(F)=C/C1CC1. The van der Waals surface area contributed by atoms with Crippen molar-refractivity contribution in [2.45, 2.75) is 12.8 Å². The van der Waals surface area contributed by atoms with Crippen molar-refractivity contribution in [3.8, 4) is 0 Å². The van der Waals surface area contributed by atoms with Crippen LogP contribution >= 0.6 is 0 Å². The summed E-state index contributed by atoms with van der Waals surface area (Å²) in [6.07, 6.45) is 3.31. The van der Waals surface area contributed by atoms with Crippen molar-refractivity contribution < 1.29 is 13.9 Å². The highest BCUT2D eigenvalue weighted by Gasteiger charge is 2.21. The highest BCUT2D eigenvalue weighted by Crippen LogP contribution is 2.31. The van der Waals surface area contributed by atoms with Gasteiger partial charge in [0.25, 0.3) is 0 Å². The van der Waals surface area contributed by atoms with Crippen LogP contribution in [0.4, 0.5) is 4.39 Å². The smallest absolute Gasteiger partial charge is 0.366 e. The molecule has 0 spiro atoms. The number of esters is 1. The maximum atomic E-state index is 12.5. The third-order valence-corrected chi connectivity index (χ3v) is 1.38. The molecule has 0 bridgehead atoms. The van der Waals surface area contributed by atoms with E-state index in [1.54, 1.807) is 0 Å². The number of methoxy groups -OCH3 is 1. The molecular formula is C7H9FO2. The minimum absolute atomic E-state index is 0.277. The Hall–Kier alpha value is -0.860. The van der Waals surface area contributed by atoms with Gasteiger partial charge in [-0.2, -0.15) is 4.39 Å². The van der Waals surface area contributed by atoms with Crippen molar-refractivity contribution in [3.63, 3.8) is 0 Å². The van der Waals surface area contributed by atoms with Gasteiger partial charge in [0.2, 0.25) is 5.83 Å². The van der Waals surface area contributed by atoms with Crippen LogP contribution in [0.2, 0.25) is 0 Å². The molecule has 0 heterocycles. The van der Waals surface area contributed by atoms with Crippen LogP contribution in [0.5, 0.6) is 0 Å². The predicted molar refractivity (Wildman–Crippen MR) is 33.9 cm³/mol. The topological polar surface area (TPSA) is 26.3 Å². The fraction of sp³-hybridized carbons (Fsp3) is 0.571. The van der Waals surface area contributed by atoms with E-state index < -0.39 is 11.8 Å². The van der Waals surface area contributed by atoms with Gasteiger partial charge in [0, 0.05) is 0 Å². The zero-order valence-corrected chi connectivity index (χ0v) is 5.76. The Bertz CT molecular complexity index is 170. The molecule has 0 aliphatic heterocycles. The summed E-state index contributed by atoms with van der Waals surface area (Å²) in [6.45, 7) is 0. The zero-order valence-electron chi connectivity index (χ0n) is 5.76. The fourth-order valence-electron chi connectivity index (χ4n) is 0.635. The second-order valence-electron chi connectivity index (χ2n) is 2.34. The van der Waals surface area contributed by atoms with E-state index in [0.29, 0.717) is 0 Å². The number of hydrogen-bond donors (Lipinski definition) is 0. The molecular weight excluding hydrogens is 135 g/mol. The van der Waals surface area contributed by atoms with E-state index >= 15 is 0 Å². The molecule has 1 aliphatic rings. The van der Waals surface area contributed by atoms with E-state index in [2.05, 4.69) is 4.74 Å². The minimum Gasteiger partial charge on any atom is -0.464 e. The van der Waals surface area contributed by atoms with Crippen LogP contribution in [0.1, 0.15) is 12.8 Å². The second-order valence-corrected chi connectivity index (χ2v) is 2.34. The number of carbonyl (C=O) groups is 1. The van der Waals surface area contributed by atoms with E-state index in [1.807, 2.05) is 0 Å². The molecule has 1 aliphatic carbocycles. The average molecular weight is 144 g/mol. The summed E-state index contributed by atoms with van der Waals surface area (Å²) in [7, 11) is 1.17. The first-order valence-electron chi connectivity index (χ1n) is 3.19. The Kier molecular flexibility index (Phi) is 2.04. The first kappa shape index (κ1) is 7.25. The van der Waals surface area contributed by atoms with Crippen molar-refractivity contribution in [1.82, 2.24) is 0 Å². The number of ether oxygens (including phenoxy) is 1. The molecule has 0 atom stereocenters. The van der Waals surface area contributed by atoms with Gasteiger partial charge in [0.15, 0.2) is 0 Å². The minimum atomic E-state index is -0.869. The van der Waals surface area contributed by atoms with Gasteiger partial charge in [-0.3, -0.25) is 0 Å². The first-order chi connectivity index (χ1) is 4.74. The van der Waals surface area contributed by atoms with Gasteiger partial charge in [-0.15, -0.1) is 0 Å². The molecule has 0 N–H and O–H groups in total. The van der Waals surface area contributed by atoms with Crippen molar-refractivity contribution in [2.24, 2.45) is 5.92 Å². The molecule has 0 aromatic carbocycles. The molecule has 1 rings (SSSR count). The molecule has 0 amide bonds.